The number of hydrogen-bond acceptors (Lipinski definition) is 5. The minimum atomic E-state index is -5.76. The number of thiophene rings is 1. The lowest BCUT2D eigenvalue weighted by molar-refractivity contribution is -0.142. The fourth-order valence-electron chi connectivity index (χ4n) is 5.52. The molecule has 2 heterocycles. The summed E-state index contributed by atoms with van der Waals surface area (Å²) >= 11 is 1.01. The minimum absolute atomic E-state index is 0.142. The van der Waals surface area contributed by atoms with Gasteiger partial charge in [0.15, 0.2) is 0 Å². The van der Waals surface area contributed by atoms with E-state index in [1.165, 1.54) is 17.0 Å². The van der Waals surface area contributed by atoms with Crippen molar-refractivity contribution in [3.63, 3.8) is 0 Å². The number of hydrogen-bond donors (Lipinski definition) is 4. The number of carbonyl (C=O) groups excluding carboxylic acids is 3. The molecule has 2 aromatic carbocycles. The number of fused-ring (bicyclic) bond motifs is 1. The Hall–Kier alpha value is -3.18. The lowest BCUT2D eigenvalue weighted by Gasteiger charge is -2.35. The fraction of sp³-hybridized carbons (Fsp3) is 0.433. The van der Waals surface area contributed by atoms with Gasteiger partial charge in [0, 0.05) is 16.8 Å². The Morgan fingerprint density at radius 3 is 2.35 bits per heavy atom. The molecule has 9 nitrogen and oxygen atoms in total. The van der Waals surface area contributed by atoms with E-state index in [-0.39, 0.29) is 22.1 Å². The molecular formula is C30H34F2N3O6PS. The molecule has 0 bridgehead atoms. The predicted octanol–water partition coefficient (Wildman–Crippen LogP) is 5.07. The lowest BCUT2D eigenvalue weighted by Crippen LogP contribution is -2.58. The summed E-state index contributed by atoms with van der Waals surface area (Å²) in [7, 11) is -5.76. The van der Waals surface area contributed by atoms with Crippen molar-refractivity contribution in [1.82, 2.24) is 15.5 Å². The highest BCUT2D eigenvalue weighted by molar-refractivity contribution is 7.52. The Balaban J connectivity index is 1.33. The number of nitrogens with zero attached hydrogens (tertiary/aromatic N) is 1. The molecule has 2 aliphatic rings. The molecule has 0 spiro atoms. The van der Waals surface area contributed by atoms with E-state index in [0.29, 0.717) is 24.1 Å². The van der Waals surface area contributed by atoms with Crippen LogP contribution in [0, 0.1) is 5.41 Å². The summed E-state index contributed by atoms with van der Waals surface area (Å²) in [6.45, 7) is 5.78. The van der Waals surface area contributed by atoms with Crippen molar-refractivity contribution in [2.75, 3.05) is 6.54 Å². The molecule has 0 radical (unpaired) electrons. The van der Waals surface area contributed by atoms with Crippen molar-refractivity contribution in [2.45, 2.75) is 69.7 Å². The van der Waals surface area contributed by atoms with Gasteiger partial charge in [0.2, 0.25) is 11.8 Å². The molecule has 1 aliphatic carbocycles. The highest BCUT2D eigenvalue weighted by Crippen LogP contribution is 2.59. The molecule has 43 heavy (non-hydrogen) atoms. The Bertz CT molecular complexity index is 1610. The van der Waals surface area contributed by atoms with Crippen LogP contribution in [0.3, 0.4) is 0 Å². The third kappa shape index (κ3) is 6.11. The molecule has 3 amide bonds. The van der Waals surface area contributed by atoms with Crippen LogP contribution in [0.15, 0.2) is 54.6 Å². The zero-order valence-electron chi connectivity index (χ0n) is 24.0. The van der Waals surface area contributed by atoms with E-state index in [1.807, 2.05) is 30.3 Å². The third-order valence-corrected chi connectivity index (χ3v) is 10.2. The van der Waals surface area contributed by atoms with Gasteiger partial charge in [0.1, 0.15) is 12.1 Å². The molecule has 2 atom stereocenters. The van der Waals surface area contributed by atoms with E-state index < -0.39 is 47.8 Å². The maximum Gasteiger partial charge on any atom is 0.399 e. The second-order valence-corrected chi connectivity index (χ2v) is 15.1. The number of nitrogens with one attached hydrogen (secondary N) is 2. The van der Waals surface area contributed by atoms with Gasteiger partial charge in [-0.1, -0.05) is 57.2 Å². The van der Waals surface area contributed by atoms with Gasteiger partial charge in [0.05, 0.1) is 10.4 Å². The summed E-state index contributed by atoms with van der Waals surface area (Å²) in [5.74, 6) is -1.20. The predicted molar refractivity (Wildman–Crippen MR) is 159 cm³/mol. The standard InChI is InChI=1S/C30H34F2N3O6PS/c1-28(2,3)24(33-26(37)23-17-18-16-20(11-12-22(18)43-23)30(31,32)42(39,40)41)27(38)35-15-7-10-21(35)25(36)34-29(13-14-29)19-8-5-4-6-9-19/h4-6,8-9,11-12,16-17,21,24H,7,10,13-15H2,1-3H3,(H,33,37)(H,34,36)(H2,39,40,41)/t21-,24+/m0/s1. The Kier molecular flexibility index (Phi) is 8.05. The lowest BCUT2D eigenvalue weighted by atomic mass is 9.85. The smallest absolute Gasteiger partial charge is 0.345 e. The van der Waals surface area contributed by atoms with Crippen molar-refractivity contribution >= 4 is 46.7 Å². The topological polar surface area (TPSA) is 136 Å². The normalized spacial score (nSPS) is 19.2. The second kappa shape index (κ2) is 11.1. The summed E-state index contributed by atoms with van der Waals surface area (Å²) < 4.78 is 40.3. The molecule has 5 rings (SSSR count). The first-order valence-corrected chi connectivity index (χ1v) is 16.4. The van der Waals surface area contributed by atoms with Crippen LogP contribution in [0.4, 0.5) is 8.78 Å². The van der Waals surface area contributed by atoms with Crippen molar-refractivity contribution < 1.29 is 37.5 Å². The van der Waals surface area contributed by atoms with Crippen LogP contribution in [0.25, 0.3) is 10.1 Å². The monoisotopic (exact) mass is 633 g/mol. The highest BCUT2D eigenvalue weighted by atomic mass is 32.1. The van der Waals surface area contributed by atoms with Gasteiger partial charge in [-0.2, -0.15) is 8.78 Å². The van der Waals surface area contributed by atoms with Crippen molar-refractivity contribution in [2.24, 2.45) is 5.41 Å². The summed E-state index contributed by atoms with van der Waals surface area (Å²) in [6.07, 6.45) is 2.78. The van der Waals surface area contributed by atoms with Crippen LogP contribution in [0.1, 0.15) is 67.3 Å². The van der Waals surface area contributed by atoms with Crippen LogP contribution in [-0.4, -0.2) is 51.0 Å². The zero-order chi connectivity index (χ0) is 31.4. The Labute approximate surface area is 251 Å². The minimum Gasteiger partial charge on any atom is -0.345 e. The molecule has 3 aromatic rings. The molecule has 1 saturated heterocycles. The van der Waals surface area contributed by atoms with Gasteiger partial charge >= 0.3 is 13.3 Å². The highest BCUT2D eigenvalue weighted by Gasteiger charge is 2.51. The quantitative estimate of drug-likeness (QED) is 0.256. The maximum absolute atomic E-state index is 14.3. The number of carbonyl (C=O) groups is 3. The van der Waals surface area contributed by atoms with Gasteiger partial charge in [-0.25, -0.2) is 0 Å². The maximum atomic E-state index is 14.3. The average molecular weight is 634 g/mol. The average Bonchev–Trinajstić information content (AvgIpc) is 3.34. The first-order chi connectivity index (χ1) is 20.0. The van der Waals surface area contributed by atoms with E-state index in [9.17, 15) is 27.7 Å². The second-order valence-electron chi connectivity index (χ2n) is 12.3. The molecule has 1 aliphatic heterocycles. The summed E-state index contributed by atoms with van der Waals surface area (Å²) in [5.41, 5.74) is -5.37. The van der Waals surface area contributed by atoms with Gasteiger partial charge < -0.3 is 25.3 Å². The zero-order valence-corrected chi connectivity index (χ0v) is 25.7. The van der Waals surface area contributed by atoms with Crippen LogP contribution in [0.5, 0.6) is 0 Å². The summed E-state index contributed by atoms with van der Waals surface area (Å²) in [4.78, 5) is 60.6. The molecule has 0 unspecified atom stereocenters. The van der Waals surface area contributed by atoms with E-state index in [0.717, 1.165) is 41.9 Å². The first-order valence-electron chi connectivity index (χ1n) is 14.0. The van der Waals surface area contributed by atoms with E-state index >= 15 is 0 Å². The van der Waals surface area contributed by atoms with Gasteiger partial charge in [0.25, 0.3) is 5.91 Å². The summed E-state index contributed by atoms with van der Waals surface area (Å²) in [5, 5.41) is 6.19. The molecular weight excluding hydrogens is 599 g/mol. The molecule has 1 aromatic heterocycles. The van der Waals surface area contributed by atoms with Crippen LogP contribution < -0.4 is 10.6 Å². The van der Waals surface area contributed by atoms with Crippen LogP contribution >= 0.6 is 18.9 Å². The number of amides is 3. The Morgan fingerprint density at radius 2 is 1.74 bits per heavy atom. The van der Waals surface area contributed by atoms with Crippen molar-refractivity contribution in [1.29, 1.82) is 0 Å². The van der Waals surface area contributed by atoms with E-state index in [1.54, 1.807) is 20.8 Å². The molecule has 1 saturated carbocycles. The Morgan fingerprint density at radius 1 is 1.07 bits per heavy atom. The SMILES string of the molecule is CC(C)(C)[C@H](NC(=O)c1cc2cc(C(F)(F)P(=O)(O)O)ccc2s1)C(=O)N1CCC[C@H]1C(=O)NC1(c2ccccc2)CC1. The first kappa shape index (κ1) is 31.3. The number of likely N-dealkylation sites (tertiary alicyclic amines) is 1. The molecule has 230 valence electrons. The van der Waals surface area contributed by atoms with Crippen molar-refractivity contribution in [3.8, 4) is 0 Å². The van der Waals surface area contributed by atoms with E-state index in [4.69, 9.17) is 9.79 Å². The van der Waals surface area contributed by atoms with Crippen LogP contribution in [-0.2, 0) is 25.4 Å². The largest absolute Gasteiger partial charge is 0.399 e. The van der Waals surface area contributed by atoms with E-state index in [2.05, 4.69) is 10.6 Å². The molecule has 4 N–H and O–H groups in total. The van der Waals surface area contributed by atoms with Crippen LogP contribution in [0.2, 0.25) is 0 Å². The fourth-order valence-corrected chi connectivity index (χ4v) is 6.94. The van der Waals surface area contributed by atoms with Gasteiger partial charge in [-0.3, -0.25) is 18.9 Å². The number of rotatable bonds is 8. The molecule has 2 fully saturated rings. The number of alkyl halides is 2. The number of benzene rings is 2. The summed E-state index contributed by atoms with van der Waals surface area (Å²) in [6, 6.07) is 12.6. The van der Waals surface area contributed by atoms with Gasteiger partial charge in [-0.05, 0) is 60.2 Å². The molecule has 13 heteroatoms. The number of halogens is 2. The van der Waals surface area contributed by atoms with Crippen molar-refractivity contribution in [3.05, 3.63) is 70.6 Å². The van der Waals surface area contributed by atoms with Gasteiger partial charge in [-0.15, -0.1) is 11.3 Å². The third-order valence-electron chi connectivity index (χ3n) is 8.12.